The topological polar surface area (TPSA) is 58.1 Å². The number of hydrogen-bond donors (Lipinski definition) is 1. The van der Waals surface area contributed by atoms with Gasteiger partial charge in [-0.2, -0.15) is 0 Å². The van der Waals surface area contributed by atoms with Gasteiger partial charge in [0.1, 0.15) is 5.82 Å². The molecule has 0 aromatic carbocycles. The van der Waals surface area contributed by atoms with Crippen molar-refractivity contribution in [2.75, 3.05) is 18.4 Å². The molecule has 0 aliphatic rings. The van der Waals surface area contributed by atoms with Crippen LogP contribution in [0.1, 0.15) is 44.6 Å². The Morgan fingerprint density at radius 2 is 2.06 bits per heavy atom. The van der Waals surface area contributed by atoms with Gasteiger partial charge in [-0.25, -0.2) is 0 Å². The van der Waals surface area contributed by atoms with Crippen molar-refractivity contribution >= 4 is 11.7 Å². The van der Waals surface area contributed by atoms with E-state index in [1.54, 1.807) is 17.0 Å². The van der Waals surface area contributed by atoms with Crippen LogP contribution >= 0.6 is 0 Å². The fraction of sp³-hybridized carbons (Fsp3) is 0.615. The summed E-state index contributed by atoms with van der Waals surface area (Å²) < 4.78 is 0. The van der Waals surface area contributed by atoms with Gasteiger partial charge in [0.2, 0.25) is 0 Å². The van der Waals surface area contributed by atoms with E-state index in [1.807, 2.05) is 20.8 Å². The van der Waals surface area contributed by atoms with Crippen LogP contribution in [0.2, 0.25) is 0 Å². The zero-order valence-electron chi connectivity index (χ0n) is 11.6. The molecule has 0 bridgehead atoms. The molecule has 0 aliphatic heterocycles. The van der Waals surface area contributed by atoms with Crippen LogP contribution in [0.15, 0.2) is 12.1 Å². The minimum atomic E-state index is -0.0676. The molecular formula is C13H22N4O. The van der Waals surface area contributed by atoms with E-state index < -0.39 is 0 Å². The van der Waals surface area contributed by atoms with E-state index in [9.17, 15) is 4.79 Å². The average Bonchev–Trinajstić information content (AvgIpc) is 2.37. The third-order valence-corrected chi connectivity index (χ3v) is 2.66. The van der Waals surface area contributed by atoms with Crippen LogP contribution in [0, 0.1) is 0 Å². The predicted octanol–water partition coefficient (Wildman–Crippen LogP) is 2.17. The lowest BCUT2D eigenvalue weighted by Crippen LogP contribution is -2.37. The zero-order valence-corrected chi connectivity index (χ0v) is 11.6. The molecule has 0 radical (unpaired) electrons. The van der Waals surface area contributed by atoms with Gasteiger partial charge in [0.15, 0.2) is 5.69 Å². The number of carbonyl (C=O) groups is 1. The Labute approximate surface area is 109 Å². The largest absolute Gasteiger partial charge is 0.369 e. The number of carbonyl (C=O) groups excluding carboxylic acids is 1. The monoisotopic (exact) mass is 250 g/mol. The van der Waals surface area contributed by atoms with Crippen molar-refractivity contribution in [1.82, 2.24) is 15.1 Å². The van der Waals surface area contributed by atoms with Crippen LogP contribution < -0.4 is 5.32 Å². The summed E-state index contributed by atoms with van der Waals surface area (Å²) in [6, 6.07) is 3.68. The van der Waals surface area contributed by atoms with E-state index in [0.717, 1.165) is 13.0 Å². The molecule has 0 saturated heterocycles. The lowest BCUT2D eigenvalue weighted by Gasteiger charge is -2.24. The summed E-state index contributed by atoms with van der Waals surface area (Å²) in [5.74, 6) is 0.642. The van der Waals surface area contributed by atoms with Gasteiger partial charge in [-0.3, -0.25) is 4.79 Å². The van der Waals surface area contributed by atoms with Crippen LogP contribution in [0.25, 0.3) is 0 Å². The molecule has 100 valence electrons. The summed E-state index contributed by atoms with van der Waals surface area (Å²) >= 11 is 0. The first-order chi connectivity index (χ1) is 8.60. The number of amides is 1. The molecule has 1 N–H and O–H groups in total. The third-order valence-electron chi connectivity index (χ3n) is 2.66. The second kappa shape index (κ2) is 6.93. The van der Waals surface area contributed by atoms with Crippen molar-refractivity contribution in [2.24, 2.45) is 0 Å². The van der Waals surface area contributed by atoms with Gasteiger partial charge in [-0.1, -0.05) is 6.92 Å². The highest BCUT2D eigenvalue weighted by molar-refractivity contribution is 5.92. The molecule has 1 aromatic heterocycles. The number of nitrogens with zero attached hydrogens (tertiary/aromatic N) is 3. The van der Waals surface area contributed by atoms with E-state index in [-0.39, 0.29) is 11.9 Å². The summed E-state index contributed by atoms with van der Waals surface area (Å²) in [7, 11) is 0. The Kier molecular flexibility index (Phi) is 5.55. The average molecular weight is 250 g/mol. The van der Waals surface area contributed by atoms with Gasteiger partial charge < -0.3 is 10.2 Å². The standard InChI is InChI=1S/C13H22N4O/c1-5-9-14-12-8-7-11(15-16-12)13(18)17(6-2)10(3)4/h7-8,10H,5-6,9H2,1-4H3,(H,14,16). The Morgan fingerprint density at radius 1 is 1.33 bits per heavy atom. The first kappa shape index (κ1) is 14.4. The Bertz CT molecular complexity index is 375. The minimum absolute atomic E-state index is 0.0676. The van der Waals surface area contributed by atoms with Crippen LogP contribution in [0.5, 0.6) is 0 Å². The van der Waals surface area contributed by atoms with E-state index in [0.29, 0.717) is 18.1 Å². The molecule has 18 heavy (non-hydrogen) atoms. The molecule has 1 rings (SSSR count). The fourth-order valence-electron chi connectivity index (χ4n) is 1.68. The minimum Gasteiger partial charge on any atom is -0.369 e. The molecule has 1 heterocycles. The second-order valence-electron chi connectivity index (χ2n) is 4.42. The van der Waals surface area contributed by atoms with Crippen molar-refractivity contribution in [2.45, 2.75) is 40.2 Å². The molecule has 0 spiro atoms. The molecule has 1 amide bonds. The number of nitrogens with one attached hydrogen (secondary N) is 1. The summed E-state index contributed by atoms with van der Waals surface area (Å²) in [4.78, 5) is 13.9. The maximum absolute atomic E-state index is 12.1. The molecule has 0 aliphatic carbocycles. The number of hydrogen-bond acceptors (Lipinski definition) is 4. The molecule has 0 atom stereocenters. The van der Waals surface area contributed by atoms with Crippen LogP contribution in [0.4, 0.5) is 5.82 Å². The van der Waals surface area contributed by atoms with Gasteiger partial charge in [0.05, 0.1) is 0 Å². The highest BCUT2D eigenvalue weighted by Gasteiger charge is 2.18. The van der Waals surface area contributed by atoms with Gasteiger partial charge >= 0.3 is 0 Å². The number of aromatic nitrogens is 2. The summed E-state index contributed by atoms with van der Waals surface area (Å²) in [5, 5.41) is 11.1. The molecule has 0 saturated carbocycles. The maximum Gasteiger partial charge on any atom is 0.274 e. The van der Waals surface area contributed by atoms with Gasteiger partial charge in [-0.15, -0.1) is 10.2 Å². The first-order valence-electron chi connectivity index (χ1n) is 6.48. The van der Waals surface area contributed by atoms with E-state index >= 15 is 0 Å². The van der Waals surface area contributed by atoms with Crippen molar-refractivity contribution in [3.8, 4) is 0 Å². The highest BCUT2D eigenvalue weighted by atomic mass is 16.2. The molecule has 1 aromatic rings. The SMILES string of the molecule is CCCNc1ccc(C(=O)N(CC)C(C)C)nn1. The van der Waals surface area contributed by atoms with Crippen molar-refractivity contribution < 1.29 is 4.79 Å². The zero-order chi connectivity index (χ0) is 13.5. The third kappa shape index (κ3) is 3.68. The predicted molar refractivity (Wildman–Crippen MR) is 72.7 cm³/mol. The molecule has 0 fully saturated rings. The first-order valence-corrected chi connectivity index (χ1v) is 6.48. The van der Waals surface area contributed by atoms with Crippen LogP contribution in [0.3, 0.4) is 0 Å². The summed E-state index contributed by atoms with van der Waals surface area (Å²) in [6.07, 6.45) is 1.03. The van der Waals surface area contributed by atoms with E-state index in [1.165, 1.54) is 0 Å². The molecular weight excluding hydrogens is 228 g/mol. The number of anilines is 1. The van der Waals surface area contributed by atoms with Gasteiger partial charge in [0, 0.05) is 19.1 Å². The highest BCUT2D eigenvalue weighted by Crippen LogP contribution is 2.07. The van der Waals surface area contributed by atoms with E-state index in [4.69, 9.17) is 0 Å². The smallest absolute Gasteiger partial charge is 0.274 e. The van der Waals surface area contributed by atoms with E-state index in [2.05, 4.69) is 22.4 Å². The van der Waals surface area contributed by atoms with Crippen molar-refractivity contribution in [3.05, 3.63) is 17.8 Å². The fourth-order valence-corrected chi connectivity index (χ4v) is 1.68. The lowest BCUT2D eigenvalue weighted by molar-refractivity contribution is 0.0709. The second-order valence-corrected chi connectivity index (χ2v) is 4.42. The quantitative estimate of drug-likeness (QED) is 0.840. The Hall–Kier alpha value is -1.65. The molecule has 5 nitrogen and oxygen atoms in total. The maximum atomic E-state index is 12.1. The lowest BCUT2D eigenvalue weighted by atomic mass is 10.2. The van der Waals surface area contributed by atoms with Crippen molar-refractivity contribution in [1.29, 1.82) is 0 Å². The van der Waals surface area contributed by atoms with Crippen LogP contribution in [-0.4, -0.2) is 40.1 Å². The molecule has 5 heteroatoms. The normalized spacial score (nSPS) is 10.5. The Morgan fingerprint density at radius 3 is 2.50 bits per heavy atom. The van der Waals surface area contributed by atoms with Crippen LogP contribution in [-0.2, 0) is 0 Å². The molecule has 0 unspecified atom stereocenters. The Balaban J connectivity index is 2.75. The summed E-state index contributed by atoms with van der Waals surface area (Å²) in [6.45, 7) is 9.56. The van der Waals surface area contributed by atoms with Crippen molar-refractivity contribution in [3.63, 3.8) is 0 Å². The number of rotatable bonds is 6. The van der Waals surface area contributed by atoms with Gasteiger partial charge in [0.25, 0.3) is 5.91 Å². The summed E-state index contributed by atoms with van der Waals surface area (Å²) in [5.41, 5.74) is 0.396. The van der Waals surface area contributed by atoms with Gasteiger partial charge in [-0.05, 0) is 39.3 Å².